The van der Waals surface area contributed by atoms with Crippen LogP contribution in [0.25, 0.3) is 0 Å². The Kier molecular flexibility index (Phi) is 3.65. The number of amides is 1. The van der Waals surface area contributed by atoms with E-state index in [0.29, 0.717) is 6.20 Å². The van der Waals surface area contributed by atoms with E-state index in [1.165, 1.54) is 11.0 Å². The van der Waals surface area contributed by atoms with Gasteiger partial charge in [-0.1, -0.05) is 0 Å². The highest BCUT2D eigenvalue weighted by atomic mass is 19.4. The molecule has 1 aliphatic rings. The lowest BCUT2D eigenvalue weighted by Crippen LogP contribution is -2.26. The van der Waals surface area contributed by atoms with E-state index in [4.69, 9.17) is 5.11 Å². The molecule has 0 radical (unpaired) electrons. The molecule has 0 aliphatic carbocycles. The molecular formula is C12H11F3N2O3. The molecule has 1 aromatic heterocycles. The fourth-order valence-electron chi connectivity index (χ4n) is 1.97. The summed E-state index contributed by atoms with van der Waals surface area (Å²) in [4.78, 5) is 27.3. The molecule has 0 spiro atoms. The van der Waals surface area contributed by atoms with E-state index in [1.54, 1.807) is 0 Å². The van der Waals surface area contributed by atoms with Crippen LogP contribution in [0.5, 0.6) is 0 Å². The van der Waals surface area contributed by atoms with Crippen LogP contribution in [0.4, 0.5) is 13.2 Å². The van der Waals surface area contributed by atoms with Gasteiger partial charge in [0.1, 0.15) is 0 Å². The second-order valence-electron chi connectivity index (χ2n) is 4.55. The van der Waals surface area contributed by atoms with Gasteiger partial charge in [0, 0.05) is 19.2 Å². The summed E-state index contributed by atoms with van der Waals surface area (Å²) in [6.07, 6.45) is -3.84. The normalized spacial score (nSPS) is 19.4. The van der Waals surface area contributed by atoms with Gasteiger partial charge in [0.15, 0.2) is 0 Å². The third kappa shape index (κ3) is 3.06. The maximum absolute atomic E-state index is 12.4. The zero-order chi connectivity index (χ0) is 14.9. The number of halogens is 3. The van der Waals surface area contributed by atoms with Crippen molar-refractivity contribution in [2.45, 2.75) is 19.1 Å². The number of hydrogen-bond acceptors (Lipinski definition) is 3. The fraction of sp³-hybridized carbons (Fsp3) is 0.417. The van der Waals surface area contributed by atoms with Gasteiger partial charge in [-0.2, -0.15) is 13.2 Å². The number of aromatic nitrogens is 1. The lowest BCUT2D eigenvalue weighted by Gasteiger charge is -2.15. The average molecular weight is 288 g/mol. The van der Waals surface area contributed by atoms with Crippen molar-refractivity contribution in [3.8, 4) is 0 Å². The van der Waals surface area contributed by atoms with Gasteiger partial charge in [-0.3, -0.25) is 14.6 Å². The molecule has 5 nitrogen and oxygen atoms in total. The number of nitrogens with zero attached hydrogens (tertiary/aromatic N) is 2. The van der Waals surface area contributed by atoms with Gasteiger partial charge >= 0.3 is 12.1 Å². The van der Waals surface area contributed by atoms with Crippen LogP contribution in [-0.2, 0) is 22.3 Å². The highest BCUT2D eigenvalue weighted by molar-refractivity contribution is 5.86. The van der Waals surface area contributed by atoms with Crippen molar-refractivity contribution in [3.63, 3.8) is 0 Å². The second-order valence-corrected chi connectivity index (χ2v) is 4.55. The lowest BCUT2D eigenvalue weighted by atomic mass is 10.1. The number of alkyl halides is 3. The second kappa shape index (κ2) is 5.10. The molecule has 1 atom stereocenters. The molecule has 1 aliphatic heterocycles. The Labute approximate surface area is 112 Å². The number of carbonyl (C=O) groups is 2. The van der Waals surface area contributed by atoms with Crippen LogP contribution in [0.15, 0.2) is 18.3 Å². The smallest absolute Gasteiger partial charge is 0.417 e. The van der Waals surface area contributed by atoms with E-state index in [1.807, 2.05) is 0 Å². The number of aliphatic carboxylic acids is 1. The first-order valence-corrected chi connectivity index (χ1v) is 5.80. The Morgan fingerprint density at radius 1 is 1.45 bits per heavy atom. The van der Waals surface area contributed by atoms with E-state index in [0.717, 1.165) is 6.07 Å². The summed E-state index contributed by atoms with van der Waals surface area (Å²) < 4.78 is 37.1. The first kappa shape index (κ1) is 14.3. The SMILES string of the molecule is O=C(O)C1CC(=O)N(Cc2ccc(C(F)(F)F)cn2)C1. The monoisotopic (exact) mass is 288 g/mol. The molecule has 1 N–H and O–H groups in total. The Hall–Kier alpha value is -2.12. The minimum absolute atomic E-state index is 0.0146. The van der Waals surface area contributed by atoms with Gasteiger partial charge in [0.05, 0.1) is 23.7 Å². The summed E-state index contributed by atoms with van der Waals surface area (Å²) in [5.74, 6) is -2.16. The van der Waals surface area contributed by atoms with Crippen molar-refractivity contribution >= 4 is 11.9 Å². The summed E-state index contributed by atoms with van der Waals surface area (Å²) >= 11 is 0. The van der Waals surface area contributed by atoms with Crippen LogP contribution in [0.2, 0.25) is 0 Å². The Balaban J connectivity index is 2.04. The summed E-state index contributed by atoms with van der Waals surface area (Å²) in [6.45, 7) is 0.0671. The Morgan fingerprint density at radius 3 is 2.60 bits per heavy atom. The molecule has 8 heteroatoms. The van der Waals surface area contributed by atoms with Crippen LogP contribution < -0.4 is 0 Å². The topological polar surface area (TPSA) is 70.5 Å². The van der Waals surface area contributed by atoms with Crippen molar-refractivity contribution in [2.24, 2.45) is 5.92 Å². The molecular weight excluding hydrogens is 277 g/mol. The van der Waals surface area contributed by atoms with E-state index in [-0.39, 0.29) is 31.1 Å². The summed E-state index contributed by atoms with van der Waals surface area (Å²) in [5.41, 5.74) is -0.574. The maximum Gasteiger partial charge on any atom is 0.417 e. The van der Waals surface area contributed by atoms with Crippen LogP contribution in [0.1, 0.15) is 17.7 Å². The van der Waals surface area contributed by atoms with Crippen molar-refractivity contribution < 1.29 is 27.9 Å². The molecule has 1 saturated heterocycles. The molecule has 2 heterocycles. The van der Waals surface area contributed by atoms with E-state index in [2.05, 4.69) is 4.98 Å². The van der Waals surface area contributed by atoms with Crippen molar-refractivity contribution in [3.05, 3.63) is 29.6 Å². The zero-order valence-corrected chi connectivity index (χ0v) is 10.2. The quantitative estimate of drug-likeness (QED) is 0.915. The van der Waals surface area contributed by atoms with Gasteiger partial charge in [-0.25, -0.2) is 0 Å². The maximum atomic E-state index is 12.4. The van der Waals surface area contributed by atoms with Crippen molar-refractivity contribution in [2.75, 3.05) is 6.54 Å². The van der Waals surface area contributed by atoms with Gasteiger partial charge in [-0.05, 0) is 12.1 Å². The number of hydrogen-bond donors (Lipinski definition) is 1. The predicted molar refractivity (Wildman–Crippen MR) is 60.4 cm³/mol. The fourth-order valence-corrected chi connectivity index (χ4v) is 1.97. The molecule has 1 fully saturated rings. The highest BCUT2D eigenvalue weighted by Gasteiger charge is 2.34. The molecule has 1 aromatic rings. The summed E-state index contributed by atoms with van der Waals surface area (Å²) in [6, 6.07) is 2.07. The molecule has 0 bridgehead atoms. The Morgan fingerprint density at radius 2 is 2.15 bits per heavy atom. The van der Waals surface area contributed by atoms with E-state index >= 15 is 0 Å². The minimum Gasteiger partial charge on any atom is -0.481 e. The minimum atomic E-state index is -4.45. The number of pyridine rings is 1. The number of carboxylic acids is 1. The molecule has 1 unspecified atom stereocenters. The van der Waals surface area contributed by atoms with Gasteiger partial charge in [0.2, 0.25) is 5.91 Å². The standard InChI is InChI=1S/C12H11F3N2O3/c13-12(14,15)8-1-2-9(16-4-8)6-17-5-7(11(19)20)3-10(17)18/h1-2,4,7H,3,5-6H2,(H,19,20). The Bertz CT molecular complexity index is 528. The van der Waals surface area contributed by atoms with Gasteiger partial charge in [0.25, 0.3) is 0 Å². The third-order valence-electron chi connectivity index (χ3n) is 3.07. The predicted octanol–water partition coefficient (Wildman–Crippen LogP) is 1.53. The molecule has 2 rings (SSSR count). The average Bonchev–Trinajstić information content (AvgIpc) is 2.71. The van der Waals surface area contributed by atoms with Crippen LogP contribution in [0, 0.1) is 5.92 Å². The zero-order valence-electron chi connectivity index (χ0n) is 10.2. The van der Waals surface area contributed by atoms with Crippen LogP contribution in [-0.4, -0.2) is 33.4 Å². The number of rotatable bonds is 3. The number of carboxylic acid groups (broad SMARTS) is 1. The molecule has 108 valence electrons. The van der Waals surface area contributed by atoms with Crippen LogP contribution in [0.3, 0.4) is 0 Å². The van der Waals surface area contributed by atoms with E-state index < -0.39 is 23.6 Å². The molecule has 1 amide bonds. The number of carbonyl (C=O) groups excluding carboxylic acids is 1. The van der Waals surface area contributed by atoms with E-state index in [9.17, 15) is 22.8 Å². The first-order chi connectivity index (χ1) is 9.27. The largest absolute Gasteiger partial charge is 0.481 e. The number of likely N-dealkylation sites (tertiary alicyclic amines) is 1. The molecule has 20 heavy (non-hydrogen) atoms. The van der Waals surface area contributed by atoms with Gasteiger partial charge < -0.3 is 10.0 Å². The third-order valence-corrected chi connectivity index (χ3v) is 3.07. The lowest BCUT2D eigenvalue weighted by molar-refractivity contribution is -0.141. The van der Waals surface area contributed by atoms with Gasteiger partial charge in [-0.15, -0.1) is 0 Å². The van der Waals surface area contributed by atoms with Crippen molar-refractivity contribution in [1.82, 2.24) is 9.88 Å². The van der Waals surface area contributed by atoms with Crippen LogP contribution >= 0.6 is 0 Å². The summed E-state index contributed by atoms with van der Waals surface area (Å²) in [5, 5.41) is 8.82. The summed E-state index contributed by atoms with van der Waals surface area (Å²) in [7, 11) is 0. The molecule has 0 saturated carbocycles. The highest BCUT2D eigenvalue weighted by Crippen LogP contribution is 2.28. The first-order valence-electron chi connectivity index (χ1n) is 5.80. The molecule has 0 aromatic carbocycles. The van der Waals surface area contributed by atoms with Crippen molar-refractivity contribution in [1.29, 1.82) is 0 Å².